The number of carbonyl (C=O) groups excluding carboxylic acids is 2. The monoisotopic (exact) mass is 428 g/mol. The molecule has 2 aromatic rings. The number of halogens is 1. The number of nitrogens with one attached hydrogen (secondary N) is 3. The van der Waals surface area contributed by atoms with Crippen LogP contribution in [-0.4, -0.2) is 35.3 Å². The largest absolute Gasteiger partial charge is 0.465 e. The number of carbonyl (C=O) groups is 3. The molecule has 1 aliphatic rings. The minimum Gasteiger partial charge on any atom is -0.465 e. The fourth-order valence-electron chi connectivity index (χ4n) is 3.17. The number of amides is 3. The number of benzene rings is 1. The normalized spacial score (nSPS) is 19.0. The van der Waals surface area contributed by atoms with Crippen molar-refractivity contribution < 1.29 is 28.6 Å². The molecular formula is C21H21FN4O5. The number of nitrogens with zero attached hydrogens (tertiary/aromatic N) is 1. The second-order valence-electron chi connectivity index (χ2n) is 6.92. The molecule has 0 radical (unpaired) electrons. The Labute approximate surface area is 177 Å². The highest BCUT2D eigenvalue weighted by atomic mass is 19.1. The molecule has 1 aliphatic heterocycles. The fraction of sp³-hybridized carbons (Fsp3) is 0.238. The van der Waals surface area contributed by atoms with Crippen LogP contribution in [-0.2, 0) is 9.53 Å². The van der Waals surface area contributed by atoms with Crippen molar-refractivity contribution >= 4 is 29.5 Å². The van der Waals surface area contributed by atoms with Crippen molar-refractivity contribution in [2.24, 2.45) is 5.92 Å². The summed E-state index contributed by atoms with van der Waals surface area (Å²) in [5.74, 6) is -1.65. The highest BCUT2D eigenvalue weighted by Crippen LogP contribution is 2.34. The van der Waals surface area contributed by atoms with E-state index in [9.17, 15) is 18.8 Å². The van der Waals surface area contributed by atoms with Gasteiger partial charge in [0.15, 0.2) is 0 Å². The Balaban J connectivity index is 2.15. The summed E-state index contributed by atoms with van der Waals surface area (Å²) in [7, 11) is 1.23. The van der Waals surface area contributed by atoms with E-state index in [4.69, 9.17) is 5.11 Å². The van der Waals surface area contributed by atoms with Crippen LogP contribution in [0.2, 0.25) is 0 Å². The van der Waals surface area contributed by atoms with Crippen LogP contribution in [0.5, 0.6) is 0 Å². The van der Waals surface area contributed by atoms with E-state index in [0.29, 0.717) is 22.5 Å². The van der Waals surface area contributed by atoms with Crippen molar-refractivity contribution in [1.82, 2.24) is 10.3 Å². The Morgan fingerprint density at radius 2 is 2.10 bits per heavy atom. The van der Waals surface area contributed by atoms with Gasteiger partial charge >= 0.3 is 12.2 Å². The van der Waals surface area contributed by atoms with Crippen LogP contribution in [0.4, 0.5) is 25.4 Å². The van der Waals surface area contributed by atoms with Gasteiger partial charge in [0, 0.05) is 28.6 Å². The first kappa shape index (κ1) is 21.8. The van der Waals surface area contributed by atoms with Crippen molar-refractivity contribution in [3.05, 3.63) is 54.1 Å². The van der Waals surface area contributed by atoms with Gasteiger partial charge in [0.25, 0.3) is 0 Å². The van der Waals surface area contributed by atoms with Gasteiger partial charge in [-0.2, -0.15) is 4.39 Å². The molecule has 0 saturated carbocycles. The molecule has 0 saturated heterocycles. The maximum absolute atomic E-state index is 14.5. The number of anilines is 2. The Hall–Kier alpha value is -3.95. The lowest BCUT2D eigenvalue weighted by atomic mass is 9.97. The molecule has 9 nitrogen and oxygen atoms in total. The van der Waals surface area contributed by atoms with Crippen molar-refractivity contribution in [2.75, 3.05) is 17.7 Å². The maximum Gasteiger partial charge on any atom is 0.411 e. The van der Waals surface area contributed by atoms with Gasteiger partial charge in [-0.25, -0.2) is 14.6 Å². The zero-order chi connectivity index (χ0) is 22.5. The molecule has 31 heavy (non-hydrogen) atoms. The molecule has 1 aromatic heterocycles. The molecular weight excluding hydrogens is 407 g/mol. The van der Waals surface area contributed by atoms with E-state index in [1.807, 2.05) is 0 Å². The van der Waals surface area contributed by atoms with Gasteiger partial charge in [-0.1, -0.05) is 25.1 Å². The highest BCUT2D eigenvalue weighted by molar-refractivity contribution is 5.99. The van der Waals surface area contributed by atoms with Crippen molar-refractivity contribution in [1.29, 1.82) is 0 Å². The summed E-state index contributed by atoms with van der Waals surface area (Å²) in [6, 6.07) is 5.36. The summed E-state index contributed by atoms with van der Waals surface area (Å²) in [5, 5.41) is 16.8. The van der Waals surface area contributed by atoms with Crippen LogP contribution < -0.4 is 16.0 Å². The first-order valence-corrected chi connectivity index (χ1v) is 9.40. The van der Waals surface area contributed by atoms with E-state index in [2.05, 4.69) is 25.7 Å². The van der Waals surface area contributed by atoms with E-state index in [-0.39, 0.29) is 17.9 Å². The molecule has 3 rings (SSSR count). The Bertz CT molecular complexity index is 1060. The summed E-state index contributed by atoms with van der Waals surface area (Å²) in [6.45, 7) is 1.68. The number of ether oxygens (including phenoxy) is 1. The molecule has 0 spiro atoms. The third-order valence-electron chi connectivity index (χ3n) is 4.77. The lowest BCUT2D eigenvalue weighted by Gasteiger charge is -2.20. The average Bonchev–Trinajstić information content (AvgIpc) is 2.72. The van der Waals surface area contributed by atoms with Gasteiger partial charge in [0.05, 0.1) is 24.8 Å². The van der Waals surface area contributed by atoms with Crippen LogP contribution in [0.1, 0.15) is 24.9 Å². The first-order valence-electron chi connectivity index (χ1n) is 9.40. The molecule has 4 N–H and O–H groups in total. The zero-order valence-electron chi connectivity index (χ0n) is 16.8. The zero-order valence-corrected chi connectivity index (χ0v) is 16.8. The summed E-state index contributed by atoms with van der Waals surface area (Å²) >= 11 is 0. The van der Waals surface area contributed by atoms with Crippen LogP contribution in [0.15, 0.2) is 42.6 Å². The highest BCUT2D eigenvalue weighted by Gasteiger charge is 2.22. The summed E-state index contributed by atoms with van der Waals surface area (Å²) in [6.07, 6.45) is 2.68. The van der Waals surface area contributed by atoms with Gasteiger partial charge in [-0.15, -0.1) is 0 Å². The van der Waals surface area contributed by atoms with Crippen molar-refractivity contribution in [3.8, 4) is 11.1 Å². The smallest absolute Gasteiger partial charge is 0.411 e. The first-order chi connectivity index (χ1) is 14.8. The molecule has 162 valence electrons. The minimum atomic E-state index is -1.31. The van der Waals surface area contributed by atoms with Crippen molar-refractivity contribution in [2.45, 2.75) is 19.4 Å². The number of aromatic nitrogens is 1. The Kier molecular flexibility index (Phi) is 6.49. The fourth-order valence-corrected chi connectivity index (χ4v) is 3.17. The molecule has 2 heterocycles. The number of methoxy groups -OCH3 is 1. The van der Waals surface area contributed by atoms with Gasteiger partial charge in [0.1, 0.15) is 0 Å². The Morgan fingerprint density at radius 1 is 1.32 bits per heavy atom. The number of carboxylic acid groups (broad SMARTS) is 1. The van der Waals surface area contributed by atoms with Gasteiger partial charge < -0.3 is 20.5 Å². The number of pyridine rings is 1. The van der Waals surface area contributed by atoms with Gasteiger partial charge in [0.2, 0.25) is 11.9 Å². The maximum atomic E-state index is 14.5. The van der Waals surface area contributed by atoms with Crippen LogP contribution in [0.25, 0.3) is 11.1 Å². The average molecular weight is 428 g/mol. The minimum absolute atomic E-state index is 0.0758. The molecule has 1 aromatic carbocycles. The van der Waals surface area contributed by atoms with Crippen LogP contribution in [0.3, 0.4) is 0 Å². The van der Waals surface area contributed by atoms with E-state index in [0.717, 1.165) is 0 Å². The lowest BCUT2D eigenvalue weighted by molar-refractivity contribution is -0.118. The molecule has 2 bridgehead atoms. The second-order valence-corrected chi connectivity index (χ2v) is 6.92. The Morgan fingerprint density at radius 3 is 2.81 bits per heavy atom. The molecule has 0 fully saturated rings. The van der Waals surface area contributed by atoms with E-state index in [1.54, 1.807) is 37.3 Å². The van der Waals surface area contributed by atoms with Crippen LogP contribution >= 0.6 is 0 Å². The predicted molar refractivity (Wildman–Crippen MR) is 111 cm³/mol. The third-order valence-corrected chi connectivity index (χ3v) is 4.77. The quantitative estimate of drug-likeness (QED) is 0.424. The van der Waals surface area contributed by atoms with E-state index >= 15 is 0 Å². The summed E-state index contributed by atoms with van der Waals surface area (Å²) in [4.78, 5) is 39.2. The molecule has 0 aliphatic carbocycles. The standard InChI is InChI=1S/C21H21FN4O5/c1-11-4-3-5-16(26-20(28)29)15-8-12(10-23-18(15)22)14-7-6-13(24-21(30)31-2)9-17(14)25-19(11)27/h3-4,6-11,16,26H,5H2,1-2H3,(H,24,30)(H,25,27)(H,28,29)/b4-3+/t11?,16-/m0/s1. The number of rotatable bonds is 2. The predicted octanol–water partition coefficient (Wildman–Crippen LogP) is 3.91. The number of fused-ring (bicyclic) bond motifs is 4. The van der Waals surface area contributed by atoms with Crippen molar-refractivity contribution in [3.63, 3.8) is 0 Å². The molecule has 10 heteroatoms. The van der Waals surface area contributed by atoms with Crippen LogP contribution in [0, 0.1) is 11.9 Å². The van der Waals surface area contributed by atoms with Gasteiger partial charge in [-0.05, 0) is 24.6 Å². The molecule has 1 unspecified atom stereocenters. The van der Waals surface area contributed by atoms with E-state index < -0.39 is 30.1 Å². The van der Waals surface area contributed by atoms with E-state index in [1.165, 1.54) is 19.4 Å². The summed E-state index contributed by atoms with van der Waals surface area (Å²) < 4.78 is 19.1. The topological polar surface area (TPSA) is 130 Å². The summed E-state index contributed by atoms with van der Waals surface area (Å²) in [5.41, 5.74) is 1.80. The third kappa shape index (κ3) is 5.16. The lowest BCUT2D eigenvalue weighted by Crippen LogP contribution is -2.27. The second kappa shape index (κ2) is 9.24. The molecule has 3 amide bonds. The number of hydrogen-bond donors (Lipinski definition) is 4. The van der Waals surface area contributed by atoms with Gasteiger partial charge in [-0.3, -0.25) is 10.1 Å². The molecule has 2 atom stereocenters. The SMILES string of the molecule is COC(=O)Nc1ccc2c(c1)NC(=O)C(C)/C=C/C[C@H](NC(=O)O)c1cc-2cnc1F. The number of hydrogen-bond acceptors (Lipinski definition) is 5.